The molecule has 1 aromatic rings. The number of aromatic nitrogens is 2. The van der Waals surface area contributed by atoms with Crippen LogP contribution in [-0.4, -0.2) is 57.7 Å². The fraction of sp³-hybridized carbons (Fsp3) is 0.667. The minimum Gasteiger partial charge on any atom is -0.480 e. The summed E-state index contributed by atoms with van der Waals surface area (Å²) in [5.74, 6) is 0.126. The van der Waals surface area contributed by atoms with E-state index < -0.39 is 5.97 Å². The summed E-state index contributed by atoms with van der Waals surface area (Å²) >= 11 is 0. The zero-order valence-electron chi connectivity index (χ0n) is 12.4. The summed E-state index contributed by atoms with van der Waals surface area (Å²) in [5.41, 5.74) is 0.979. The second kappa shape index (κ2) is 5.97. The highest BCUT2D eigenvalue weighted by Gasteiger charge is 2.36. The van der Waals surface area contributed by atoms with E-state index in [1.54, 1.807) is 6.20 Å². The zero-order chi connectivity index (χ0) is 14.8. The van der Waals surface area contributed by atoms with Crippen LogP contribution in [-0.2, 0) is 4.79 Å². The highest BCUT2D eigenvalue weighted by atomic mass is 16.4. The van der Waals surface area contributed by atoms with Crippen LogP contribution in [0.25, 0.3) is 0 Å². The molecular formula is C15H22N4O2. The van der Waals surface area contributed by atoms with Gasteiger partial charge in [-0.25, -0.2) is 9.97 Å². The minimum absolute atomic E-state index is 0.281. The summed E-state index contributed by atoms with van der Waals surface area (Å²) in [6.07, 6.45) is 5.56. The predicted molar refractivity (Wildman–Crippen MR) is 79.4 cm³/mol. The molecule has 0 radical (unpaired) electrons. The third kappa shape index (κ3) is 3.00. The van der Waals surface area contributed by atoms with Gasteiger partial charge in [-0.2, -0.15) is 0 Å². The molecule has 1 aromatic heterocycles. The van der Waals surface area contributed by atoms with Gasteiger partial charge in [0.2, 0.25) is 5.95 Å². The summed E-state index contributed by atoms with van der Waals surface area (Å²) in [4.78, 5) is 24.5. The number of anilines is 1. The summed E-state index contributed by atoms with van der Waals surface area (Å²) in [6, 6.07) is 2.00. The summed E-state index contributed by atoms with van der Waals surface area (Å²) in [5, 5.41) is 9.30. The summed E-state index contributed by atoms with van der Waals surface area (Å²) in [7, 11) is 0. The molecule has 1 atom stereocenters. The first kappa shape index (κ1) is 14.3. The van der Waals surface area contributed by atoms with Crippen molar-refractivity contribution in [2.24, 2.45) is 0 Å². The molecule has 114 valence electrons. The molecule has 21 heavy (non-hydrogen) atoms. The van der Waals surface area contributed by atoms with Crippen LogP contribution in [0.3, 0.4) is 0 Å². The normalized spacial score (nSPS) is 24.4. The van der Waals surface area contributed by atoms with E-state index in [0.29, 0.717) is 6.04 Å². The molecule has 1 unspecified atom stereocenters. The van der Waals surface area contributed by atoms with Gasteiger partial charge in [-0.3, -0.25) is 9.69 Å². The number of aryl methyl sites for hydroxylation is 1. The predicted octanol–water partition coefficient (Wildman–Crippen LogP) is 1.30. The van der Waals surface area contributed by atoms with Gasteiger partial charge in [-0.15, -0.1) is 0 Å². The van der Waals surface area contributed by atoms with Crippen LogP contribution >= 0.6 is 0 Å². The van der Waals surface area contributed by atoms with Gasteiger partial charge in [-0.1, -0.05) is 0 Å². The van der Waals surface area contributed by atoms with Crippen molar-refractivity contribution in [2.45, 2.75) is 44.7 Å². The molecule has 0 bridgehead atoms. The minimum atomic E-state index is -0.669. The standard InChI is InChI=1S/C15H22N4O2/c1-11-4-7-16-15(17-11)18-9-5-12(6-10-18)19-8-2-3-13(19)14(20)21/h4,7,12-13H,2-3,5-6,8-10H2,1H3,(H,20,21). The fourth-order valence-corrected chi connectivity index (χ4v) is 3.48. The first-order chi connectivity index (χ1) is 10.1. The van der Waals surface area contributed by atoms with Gasteiger partial charge in [0, 0.05) is 31.0 Å². The zero-order valence-corrected chi connectivity index (χ0v) is 12.4. The smallest absolute Gasteiger partial charge is 0.320 e. The van der Waals surface area contributed by atoms with Crippen molar-refractivity contribution >= 4 is 11.9 Å². The number of carboxylic acids is 1. The Hall–Kier alpha value is -1.69. The lowest BCUT2D eigenvalue weighted by Gasteiger charge is -2.38. The van der Waals surface area contributed by atoms with Crippen LogP contribution in [0.1, 0.15) is 31.4 Å². The Kier molecular flexibility index (Phi) is 4.05. The number of likely N-dealkylation sites (tertiary alicyclic amines) is 1. The van der Waals surface area contributed by atoms with Gasteiger partial charge in [0.15, 0.2) is 0 Å². The van der Waals surface area contributed by atoms with E-state index in [-0.39, 0.29) is 6.04 Å². The number of hydrogen-bond donors (Lipinski definition) is 1. The molecule has 3 rings (SSSR count). The van der Waals surface area contributed by atoms with Crippen molar-refractivity contribution in [2.75, 3.05) is 24.5 Å². The topological polar surface area (TPSA) is 69.6 Å². The Bertz CT molecular complexity index is 514. The van der Waals surface area contributed by atoms with Crippen molar-refractivity contribution in [3.05, 3.63) is 18.0 Å². The Balaban J connectivity index is 1.61. The average Bonchev–Trinajstić information content (AvgIpc) is 2.97. The van der Waals surface area contributed by atoms with E-state index in [1.807, 2.05) is 13.0 Å². The van der Waals surface area contributed by atoms with Gasteiger partial charge in [0.05, 0.1) is 0 Å². The molecule has 2 saturated heterocycles. The molecule has 0 aromatic carbocycles. The highest BCUT2D eigenvalue weighted by Crippen LogP contribution is 2.27. The van der Waals surface area contributed by atoms with Crippen molar-refractivity contribution in [1.29, 1.82) is 0 Å². The molecule has 2 aliphatic heterocycles. The monoisotopic (exact) mass is 290 g/mol. The Morgan fingerprint density at radius 1 is 1.29 bits per heavy atom. The van der Waals surface area contributed by atoms with Crippen LogP contribution < -0.4 is 4.90 Å². The van der Waals surface area contributed by atoms with Crippen LogP contribution in [0.2, 0.25) is 0 Å². The van der Waals surface area contributed by atoms with Crippen molar-refractivity contribution in [1.82, 2.24) is 14.9 Å². The van der Waals surface area contributed by atoms with Gasteiger partial charge in [-0.05, 0) is 45.2 Å². The lowest BCUT2D eigenvalue weighted by Crippen LogP contribution is -2.49. The number of hydrogen-bond acceptors (Lipinski definition) is 5. The number of piperidine rings is 1. The lowest BCUT2D eigenvalue weighted by atomic mass is 10.0. The average molecular weight is 290 g/mol. The van der Waals surface area contributed by atoms with E-state index in [2.05, 4.69) is 19.8 Å². The van der Waals surface area contributed by atoms with Crippen molar-refractivity contribution in [3.8, 4) is 0 Å². The number of carbonyl (C=O) groups is 1. The molecule has 0 spiro atoms. The maximum Gasteiger partial charge on any atom is 0.320 e. The van der Waals surface area contributed by atoms with Gasteiger partial charge < -0.3 is 10.0 Å². The number of nitrogens with zero attached hydrogens (tertiary/aromatic N) is 4. The molecule has 0 aliphatic carbocycles. The van der Waals surface area contributed by atoms with E-state index >= 15 is 0 Å². The summed E-state index contributed by atoms with van der Waals surface area (Å²) in [6.45, 7) is 4.69. The molecule has 2 aliphatic rings. The van der Waals surface area contributed by atoms with E-state index in [0.717, 1.165) is 57.0 Å². The first-order valence-electron chi connectivity index (χ1n) is 7.68. The number of rotatable bonds is 3. The molecule has 6 heteroatoms. The van der Waals surface area contributed by atoms with Gasteiger partial charge >= 0.3 is 5.97 Å². The number of carboxylic acid groups (broad SMARTS) is 1. The van der Waals surface area contributed by atoms with Gasteiger partial charge in [0.1, 0.15) is 6.04 Å². The molecule has 2 fully saturated rings. The van der Waals surface area contributed by atoms with Crippen LogP contribution in [0.5, 0.6) is 0 Å². The van der Waals surface area contributed by atoms with Crippen molar-refractivity contribution in [3.63, 3.8) is 0 Å². The van der Waals surface area contributed by atoms with Crippen molar-refractivity contribution < 1.29 is 9.90 Å². The highest BCUT2D eigenvalue weighted by molar-refractivity contribution is 5.73. The first-order valence-corrected chi connectivity index (χ1v) is 7.68. The van der Waals surface area contributed by atoms with Gasteiger partial charge in [0.25, 0.3) is 0 Å². The fourth-order valence-electron chi connectivity index (χ4n) is 3.48. The lowest BCUT2D eigenvalue weighted by molar-refractivity contribution is -0.143. The van der Waals surface area contributed by atoms with E-state index in [4.69, 9.17) is 0 Å². The van der Waals surface area contributed by atoms with Crippen LogP contribution in [0, 0.1) is 6.92 Å². The third-order valence-electron chi connectivity index (χ3n) is 4.58. The van der Waals surface area contributed by atoms with E-state index in [9.17, 15) is 9.90 Å². The molecule has 1 N–H and O–H groups in total. The SMILES string of the molecule is Cc1ccnc(N2CCC(N3CCCC3C(=O)O)CC2)n1. The van der Waals surface area contributed by atoms with Crippen LogP contribution in [0.4, 0.5) is 5.95 Å². The molecule has 0 saturated carbocycles. The Morgan fingerprint density at radius 3 is 2.71 bits per heavy atom. The van der Waals surface area contributed by atoms with E-state index in [1.165, 1.54) is 0 Å². The Morgan fingerprint density at radius 2 is 2.05 bits per heavy atom. The number of aliphatic carboxylic acids is 1. The third-order valence-corrected chi connectivity index (χ3v) is 4.58. The largest absolute Gasteiger partial charge is 0.480 e. The second-order valence-electron chi connectivity index (χ2n) is 5.95. The molecule has 6 nitrogen and oxygen atoms in total. The second-order valence-corrected chi connectivity index (χ2v) is 5.95. The summed E-state index contributed by atoms with van der Waals surface area (Å²) < 4.78 is 0. The molecular weight excluding hydrogens is 268 g/mol. The van der Waals surface area contributed by atoms with Crippen LogP contribution in [0.15, 0.2) is 12.3 Å². The maximum absolute atomic E-state index is 11.3. The Labute approximate surface area is 124 Å². The molecule has 0 amide bonds. The quantitative estimate of drug-likeness (QED) is 0.905. The maximum atomic E-state index is 11.3. The molecule has 3 heterocycles.